The van der Waals surface area contributed by atoms with Crippen LogP contribution in [0.5, 0.6) is 0 Å². The molecular formula is C14H23N3O2. The molecule has 0 aromatic carbocycles. The molecule has 0 saturated heterocycles. The number of amides is 1. The van der Waals surface area contributed by atoms with Gasteiger partial charge >= 0.3 is 0 Å². The molecule has 1 aliphatic carbocycles. The number of carbonyl (C=O) groups excluding carboxylic acids is 1. The zero-order chi connectivity index (χ0) is 14.0. The Balaban J connectivity index is 1.74. The molecule has 1 aromatic heterocycles. The summed E-state index contributed by atoms with van der Waals surface area (Å²) >= 11 is 0. The summed E-state index contributed by atoms with van der Waals surface area (Å²) in [6.45, 7) is 8.70. The fraction of sp³-hybridized carbons (Fsp3) is 0.786. The van der Waals surface area contributed by atoms with Crippen molar-refractivity contribution in [3.05, 3.63) is 11.8 Å². The van der Waals surface area contributed by atoms with Crippen molar-refractivity contribution in [1.82, 2.24) is 15.5 Å². The molecule has 0 bridgehead atoms. The van der Waals surface area contributed by atoms with Gasteiger partial charge in [0.25, 0.3) is 0 Å². The molecule has 0 radical (unpaired) electrons. The lowest BCUT2D eigenvalue weighted by Gasteiger charge is -2.25. The van der Waals surface area contributed by atoms with Crippen LogP contribution < -0.4 is 5.32 Å². The summed E-state index contributed by atoms with van der Waals surface area (Å²) in [4.78, 5) is 11.9. The van der Waals surface area contributed by atoms with Crippen LogP contribution in [0.1, 0.15) is 58.2 Å². The van der Waals surface area contributed by atoms with Gasteiger partial charge in [-0.25, -0.2) is 0 Å². The topological polar surface area (TPSA) is 68.0 Å². The first-order valence-corrected chi connectivity index (χ1v) is 6.98. The Morgan fingerprint density at radius 2 is 2.11 bits per heavy atom. The van der Waals surface area contributed by atoms with Crippen LogP contribution in [0.4, 0.5) is 0 Å². The summed E-state index contributed by atoms with van der Waals surface area (Å²) in [6.07, 6.45) is 2.91. The van der Waals surface area contributed by atoms with E-state index in [4.69, 9.17) is 4.42 Å². The van der Waals surface area contributed by atoms with Gasteiger partial charge in [-0.2, -0.15) is 0 Å². The number of nitrogens with zero attached hydrogens (tertiary/aromatic N) is 2. The van der Waals surface area contributed by atoms with Gasteiger partial charge in [-0.15, -0.1) is 10.2 Å². The van der Waals surface area contributed by atoms with Crippen molar-refractivity contribution in [2.75, 3.05) is 6.54 Å². The number of carbonyl (C=O) groups is 1. The lowest BCUT2D eigenvalue weighted by Crippen LogP contribution is -2.37. The van der Waals surface area contributed by atoms with Crippen molar-refractivity contribution in [1.29, 1.82) is 0 Å². The lowest BCUT2D eigenvalue weighted by molar-refractivity contribution is -0.127. The second kappa shape index (κ2) is 5.31. The van der Waals surface area contributed by atoms with Crippen molar-refractivity contribution in [3.63, 3.8) is 0 Å². The highest BCUT2D eigenvalue weighted by atomic mass is 16.4. The number of nitrogens with one attached hydrogen (secondary N) is 1. The van der Waals surface area contributed by atoms with Crippen LogP contribution in [-0.4, -0.2) is 22.6 Å². The number of rotatable bonds is 5. The molecule has 5 nitrogen and oxygen atoms in total. The van der Waals surface area contributed by atoms with Crippen molar-refractivity contribution in [3.8, 4) is 0 Å². The van der Waals surface area contributed by atoms with E-state index in [0.29, 0.717) is 24.8 Å². The van der Waals surface area contributed by atoms with E-state index in [1.165, 1.54) is 0 Å². The average molecular weight is 265 g/mol. The minimum absolute atomic E-state index is 0.0165. The summed E-state index contributed by atoms with van der Waals surface area (Å²) in [6, 6.07) is 0. The van der Waals surface area contributed by atoms with Gasteiger partial charge in [0.2, 0.25) is 17.7 Å². The Morgan fingerprint density at radius 1 is 1.42 bits per heavy atom. The number of hydrogen-bond donors (Lipinski definition) is 1. The first-order valence-electron chi connectivity index (χ1n) is 6.98. The molecule has 1 aromatic rings. The van der Waals surface area contributed by atoms with Crippen LogP contribution in [0.3, 0.4) is 0 Å². The maximum atomic E-state index is 11.9. The maximum absolute atomic E-state index is 11.9. The van der Waals surface area contributed by atoms with Crippen LogP contribution >= 0.6 is 0 Å². The highest BCUT2D eigenvalue weighted by Crippen LogP contribution is 2.38. The maximum Gasteiger partial charge on any atom is 0.223 e. The zero-order valence-corrected chi connectivity index (χ0v) is 12.2. The third-order valence-corrected chi connectivity index (χ3v) is 3.74. The molecular weight excluding hydrogens is 242 g/mol. The van der Waals surface area contributed by atoms with Crippen molar-refractivity contribution in [2.45, 2.75) is 52.9 Å². The van der Waals surface area contributed by atoms with E-state index in [0.717, 1.165) is 18.7 Å². The SMILES string of the molecule is CC(C(=O)NCCc1nnc(C2CC2)o1)C(C)(C)C. The third-order valence-electron chi connectivity index (χ3n) is 3.74. The minimum Gasteiger partial charge on any atom is -0.425 e. The van der Waals surface area contributed by atoms with Crippen LogP contribution in [0.2, 0.25) is 0 Å². The van der Waals surface area contributed by atoms with Crippen LogP contribution in [0.15, 0.2) is 4.42 Å². The second-order valence-corrected chi connectivity index (χ2v) is 6.44. The summed E-state index contributed by atoms with van der Waals surface area (Å²) in [7, 11) is 0. The highest BCUT2D eigenvalue weighted by molar-refractivity contribution is 5.78. The van der Waals surface area contributed by atoms with E-state index in [9.17, 15) is 4.79 Å². The number of aromatic nitrogens is 2. The molecule has 1 fully saturated rings. The monoisotopic (exact) mass is 265 g/mol. The molecule has 1 unspecified atom stereocenters. The van der Waals surface area contributed by atoms with E-state index in [2.05, 4.69) is 36.3 Å². The Hall–Kier alpha value is -1.39. The predicted molar refractivity (Wildman–Crippen MR) is 71.6 cm³/mol. The molecule has 5 heteroatoms. The summed E-state index contributed by atoms with van der Waals surface area (Å²) in [5.74, 6) is 1.92. The molecule has 1 atom stereocenters. The van der Waals surface area contributed by atoms with Gasteiger partial charge < -0.3 is 9.73 Å². The summed E-state index contributed by atoms with van der Waals surface area (Å²) < 4.78 is 5.54. The third kappa shape index (κ3) is 3.78. The van der Waals surface area contributed by atoms with E-state index in [1.807, 2.05) is 6.92 Å². The average Bonchev–Trinajstić information content (AvgIpc) is 3.08. The first kappa shape index (κ1) is 14.0. The van der Waals surface area contributed by atoms with Gasteiger partial charge in [0.15, 0.2) is 0 Å². The second-order valence-electron chi connectivity index (χ2n) is 6.44. The van der Waals surface area contributed by atoms with Crippen LogP contribution in [-0.2, 0) is 11.2 Å². The minimum atomic E-state index is -0.0201. The molecule has 106 valence electrons. The van der Waals surface area contributed by atoms with Gasteiger partial charge in [0, 0.05) is 24.8 Å². The van der Waals surface area contributed by atoms with E-state index < -0.39 is 0 Å². The Kier molecular flexibility index (Phi) is 3.92. The fourth-order valence-corrected chi connectivity index (χ4v) is 1.70. The van der Waals surface area contributed by atoms with Gasteiger partial charge in [-0.1, -0.05) is 27.7 Å². The lowest BCUT2D eigenvalue weighted by atomic mass is 9.81. The largest absolute Gasteiger partial charge is 0.425 e. The van der Waals surface area contributed by atoms with Gasteiger partial charge in [-0.3, -0.25) is 4.79 Å². The molecule has 0 spiro atoms. The summed E-state index contributed by atoms with van der Waals surface area (Å²) in [5, 5.41) is 10.9. The van der Waals surface area contributed by atoms with Crippen LogP contribution in [0.25, 0.3) is 0 Å². The molecule has 2 rings (SSSR count). The van der Waals surface area contributed by atoms with E-state index in [-0.39, 0.29) is 17.2 Å². The Labute approximate surface area is 114 Å². The highest BCUT2D eigenvalue weighted by Gasteiger charge is 2.29. The quantitative estimate of drug-likeness (QED) is 0.887. The molecule has 1 heterocycles. The van der Waals surface area contributed by atoms with Gasteiger partial charge in [0.1, 0.15) is 0 Å². The molecule has 1 saturated carbocycles. The number of hydrogen-bond acceptors (Lipinski definition) is 4. The molecule has 19 heavy (non-hydrogen) atoms. The van der Waals surface area contributed by atoms with Gasteiger partial charge in [-0.05, 0) is 18.3 Å². The zero-order valence-electron chi connectivity index (χ0n) is 12.2. The fourth-order valence-electron chi connectivity index (χ4n) is 1.70. The van der Waals surface area contributed by atoms with E-state index >= 15 is 0 Å². The van der Waals surface area contributed by atoms with Crippen molar-refractivity contribution in [2.24, 2.45) is 11.3 Å². The predicted octanol–water partition coefficient (Wildman–Crippen LogP) is 2.29. The van der Waals surface area contributed by atoms with Crippen molar-refractivity contribution >= 4 is 5.91 Å². The molecule has 1 N–H and O–H groups in total. The van der Waals surface area contributed by atoms with Crippen LogP contribution in [0, 0.1) is 11.3 Å². The van der Waals surface area contributed by atoms with E-state index in [1.54, 1.807) is 0 Å². The molecule has 0 aliphatic heterocycles. The molecule has 1 aliphatic rings. The van der Waals surface area contributed by atoms with Crippen molar-refractivity contribution < 1.29 is 9.21 Å². The summed E-state index contributed by atoms with van der Waals surface area (Å²) in [5.41, 5.74) is -0.0201. The first-order chi connectivity index (χ1) is 8.88. The smallest absolute Gasteiger partial charge is 0.223 e. The standard InChI is InChI=1S/C14H23N3O2/c1-9(14(2,3)4)12(18)15-8-7-11-16-17-13(19-11)10-5-6-10/h9-10H,5-8H2,1-4H3,(H,15,18). The molecule has 1 amide bonds. The normalized spacial score (nSPS) is 17.3. The Morgan fingerprint density at radius 3 is 2.68 bits per heavy atom. The van der Waals surface area contributed by atoms with Gasteiger partial charge in [0.05, 0.1) is 0 Å². The Bertz CT molecular complexity index is 444.